The van der Waals surface area contributed by atoms with Gasteiger partial charge in [0.25, 0.3) is 0 Å². The third kappa shape index (κ3) is 5.40. The third-order valence-corrected chi connectivity index (χ3v) is 6.10. The van der Waals surface area contributed by atoms with Gasteiger partial charge in [0.2, 0.25) is 11.8 Å². The summed E-state index contributed by atoms with van der Waals surface area (Å²) in [6, 6.07) is 14.1. The van der Waals surface area contributed by atoms with Crippen molar-refractivity contribution in [3.63, 3.8) is 0 Å². The first-order valence-corrected chi connectivity index (χ1v) is 11.7. The van der Waals surface area contributed by atoms with Gasteiger partial charge in [-0.05, 0) is 43.2 Å². The summed E-state index contributed by atoms with van der Waals surface area (Å²) in [5.74, 6) is 0.0483. The Bertz CT molecular complexity index is 1160. The lowest BCUT2D eigenvalue weighted by Gasteiger charge is -2.33. The van der Waals surface area contributed by atoms with Gasteiger partial charge in [0.1, 0.15) is 5.69 Å². The fourth-order valence-corrected chi connectivity index (χ4v) is 4.05. The van der Waals surface area contributed by atoms with Crippen molar-refractivity contribution in [2.24, 2.45) is 0 Å². The smallest absolute Gasteiger partial charge is 0.246 e. The molecule has 2 amide bonds. The highest BCUT2D eigenvalue weighted by Crippen LogP contribution is 2.24. The van der Waals surface area contributed by atoms with Crippen LogP contribution in [0.4, 0.5) is 0 Å². The molecule has 8 nitrogen and oxygen atoms in total. The maximum atomic E-state index is 12.9. The molecule has 0 bridgehead atoms. The van der Waals surface area contributed by atoms with Gasteiger partial charge in [0, 0.05) is 68.0 Å². The van der Waals surface area contributed by atoms with Crippen molar-refractivity contribution in [2.75, 3.05) is 32.7 Å². The van der Waals surface area contributed by atoms with E-state index in [-0.39, 0.29) is 11.8 Å². The van der Waals surface area contributed by atoms with Crippen molar-refractivity contribution < 1.29 is 9.59 Å². The number of hydrogen-bond donors (Lipinski definition) is 1. The van der Waals surface area contributed by atoms with Crippen molar-refractivity contribution in [1.82, 2.24) is 29.9 Å². The molecule has 0 radical (unpaired) electrons. The molecule has 3 aromatic rings. The van der Waals surface area contributed by atoms with E-state index in [1.54, 1.807) is 18.5 Å². The number of benzene rings is 1. The number of rotatable bonds is 7. The van der Waals surface area contributed by atoms with Crippen molar-refractivity contribution in [2.45, 2.75) is 18.9 Å². The quantitative estimate of drug-likeness (QED) is 0.552. The molecule has 2 aromatic heterocycles. The maximum Gasteiger partial charge on any atom is 0.246 e. The number of aromatic nitrogens is 3. The standard InChI is InChI=1S/C26H28N6O2/c33-24(28-22-9-10-22)19-30-13-15-31(16-14-30)25(34)11-8-21-18-32(23-6-2-1-3-7-23)29-26(21)20-5-4-12-27-17-20/h1-8,11-12,17-18,22H,9-10,13-16,19H2,(H,28,33). The number of hydrogen-bond acceptors (Lipinski definition) is 5. The van der Waals surface area contributed by atoms with Gasteiger partial charge in [0.15, 0.2) is 0 Å². The fourth-order valence-electron chi connectivity index (χ4n) is 4.05. The zero-order chi connectivity index (χ0) is 23.3. The number of nitrogens with one attached hydrogen (secondary N) is 1. The summed E-state index contributed by atoms with van der Waals surface area (Å²) in [7, 11) is 0. The molecular formula is C26H28N6O2. The molecule has 2 fully saturated rings. The van der Waals surface area contributed by atoms with Gasteiger partial charge >= 0.3 is 0 Å². The zero-order valence-electron chi connectivity index (χ0n) is 19.0. The Morgan fingerprint density at radius 2 is 1.82 bits per heavy atom. The van der Waals surface area contributed by atoms with Crippen LogP contribution in [0.25, 0.3) is 23.0 Å². The Morgan fingerprint density at radius 3 is 2.53 bits per heavy atom. The van der Waals surface area contributed by atoms with E-state index in [2.05, 4.69) is 15.2 Å². The van der Waals surface area contributed by atoms with Crippen LogP contribution in [0.3, 0.4) is 0 Å². The fraction of sp³-hybridized carbons (Fsp3) is 0.308. The maximum absolute atomic E-state index is 12.9. The number of piperazine rings is 1. The summed E-state index contributed by atoms with van der Waals surface area (Å²) in [5.41, 5.74) is 3.45. The molecule has 0 atom stereocenters. The van der Waals surface area contributed by atoms with Crippen LogP contribution in [0, 0.1) is 0 Å². The van der Waals surface area contributed by atoms with E-state index in [0.717, 1.165) is 35.3 Å². The molecular weight excluding hydrogens is 428 g/mol. The van der Waals surface area contributed by atoms with E-state index in [4.69, 9.17) is 5.10 Å². The molecule has 1 aliphatic carbocycles. The molecule has 0 unspecified atom stereocenters. The summed E-state index contributed by atoms with van der Waals surface area (Å²) in [6.07, 6.45) is 11.0. The Morgan fingerprint density at radius 1 is 1.03 bits per heavy atom. The van der Waals surface area contributed by atoms with Gasteiger partial charge in [-0.1, -0.05) is 18.2 Å². The summed E-state index contributed by atoms with van der Waals surface area (Å²) in [5, 5.41) is 7.78. The second-order valence-electron chi connectivity index (χ2n) is 8.73. The molecule has 3 heterocycles. The molecule has 1 aromatic carbocycles. The van der Waals surface area contributed by atoms with Gasteiger partial charge in [-0.3, -0.25) is 19.5 Å². The molecule has 1 N–H and O–H groups in total. The zero-order valence-corrected chi connectivity index (χ0v) is 19.0. The van der Waals surface area contributed by atoms with Crippen LogP contribution < -0.4 is 5.32 Å². The predicted molar refractivity (Wildman–Crippen MR) is 130 cm³/mol. The Balaban J connectivity index is 1.25. The molecule has 1 saturated carbocycles. The highest BCUT2D eigenvalue weighted by atomic mass is 16.2. The minimum Gasteiger partial charge on any atom is -0.352 e. The summed E-state index contributed by atoms with van der Waals surface area (Å²) in [6.45, 7) is 3.02. The molecule has 2 aliphatic rings. The minimum absolute atomic E-state index is 0.0355. The lowest BCUT2D eigenvalue weighted by Crippen LogP contribution is -2.51. The first-order chi connectivity index (χ1) is 16.7. The van der Waals surface area contributed by atoms with E-state index in [9.17, 15) is 9.59 Å². The SMILES string of the molecule is O=C(CN1CCN(C(=O)C=Cc2cn(-c3ccccc3)nc2-c2cccnc2)CC1)NC1CC1. The topological polar surface area (TPSA) is 83.4 Å². The van der Waals surface area contributed by atoms with Crippen LogP contribution in [0.1, 0.15) is 18.4 Å². The van der Waals surface area contributed by atoms with Gasteiger partial charge in [0.05, 0.1) is 12.2 Å². The number of para-hydroxylation sites is 1. The highest BCUT2D eigenvalue weighted by molar-refractivity contribution is 5.93. The highest BCUT2D eigenvalue weighted by Gasteiger charge is 2.26. The number of carbonyl (C=O) groups is 2. The first-order valence-electron chi connectivity index (χ1n) is 11.7. The Kier molecular flexibility index (Phi) is 6.49. The van der Waals surface area contributed by atoms with Gasteiger partial charge < -0.3 is 10.2 Å². The first kappa shape index (κ1) is 22.0. The average molecular weight is 457 g/mol. The molecule has 8 heteroatoms. The molecule has 34 heavy (non-hydrogen) atoms. The molecule has 0 spiro atoms. The van der Waals surface area contributed by atoms with Crippen molar-refractivity contribution >= 4 is 17.9 Å². The van der Waals surface area contributed by atoms with Gasteiger partial charge in [-0.2, -0.15) is 5.10 Å². The van der Waals surface area contributed by atoms with Crippen molar-refractivity contribution in [1.29, 1.82) is 0 Å². The van der Waals surface area contributed by atoms with Gasteiger partial charge in [-0.25, -0.2) is 4.68 Å². The lowest BCUT2D eigenvalue weighted by molar-refractivity contribution is -0.128. The normalized spacial score (nSPS) is 16.6. The predicted octanol–water partition coefficient (Wildman–Crippen LogP) is 2.37. The van der Waals surface area contributed by atoms with E-state index in [0.29, 0.717) is 38.8 Å². The second-order valence-corrected chi connectivity index (χ2v) is 8.73. The largest absolute Gasteiger partial charge is 0.352 e. The summed E-state index contributed by atoms with van der Waals surface area (Å²) < 4.78 is 1.82. The van der Waals surface area contributed by atoms with Crippen LogP contribution in [0.15, 0.2) is 67.1 Å². The van der Waals surface area contributed by atoms with E-state index >= 15 is 0 Å². The van der Waals surface area contributed by atoms with E-state index in [1.807, 2.05) is 64.3 Å². The van der Waals surface area contributed by atoms with Crippen LogP contribution in [-0.4, -0.2) is 75.1 Å². The molecule has 5 rings (SSSR count). The monoisotopic (exact) mass is 456 g/mol. The Labute approximate surface area is 198 Å². The van der Waals surface area contributed by atoms with Crippen molar-refractivity contribution in [3.8, 4) is 16.9 Å². The summed E-state index contributed by atoms with van der Waals surface area (Å²) in [4.78, 5) is 33.1. The summed E-state index contributed by atoms with van der Waals surface area (Å²) >= 11 is 0. The average Bonchev–Trinajstić information content (AvgIpc) is 3.58. The molecule has 1 saturated heterocycles. The lowest BCUT2D eigenvalue weighted by atomic mass is 10.1. The van der Waals surface area contributed by atoms with Crippen LogP contribution in [0.2, 0.25) is 0 Å². The van der Waals surface area contributed by atoms with Crippen LogP contribution >= 0.6 is 0 Å². The van der Waals surface area contributed by atoms with E-state index in [1.165, 1.54) is 0 Å². The van der Waals surface area contributed by atoms with E-state index < -0.39 is 0 Å². The third-order valence-electron chi connectivity index (χ3n) is 6.10. The molecule has 1 aliphatic heterocycles. The van der Waals surface area contributed by atoms with Crippen LogP contribution in [-0.2, 0) is 9.59 Å². The number of amides is 2. The molecule has 174 valence electrons. The van der Waals surface area contributed by atoms with Gasteiger partial charge in [-0.15, -0.1) is 0 Å². The number of nitrogens with zero attached hydrogens (tertiary/aromatic N) is 5. The van der Waals surface area contributed by atoms with Crippen LogP contribution in [0.5, 0.6) is 0 Å². The van der Waals surface area contributed by atoms with Crippen molar-refractivity contribution in [3.05, 3.63) is 72.7 Å². The number of carbonyl (C=O) groups excluding carboxylic acids is 2. The minimum atomic E-state index is -0.0355. The second kappa shape index (κ2) is 10.0. The Hall–Kier alpha value is -3.78. The number of pyridine rings is 1.